The Balaban J connectivity index is 1.54. The maximum atomic E-state index is 12.1. The van der Waals surface area contributed by atoms with Gasteiger partial charge in [-0.2, -0.15) is 5.26 Å². The van der Waals surface area contributed by atoms with Crippen LogP contribution in [0.25, 0.3) is 5.57 Å². The van der Waals surface area contributed by atoms with Crippen molar-refractivity contribution in [3.63, 3.8) is 0 Å². The number of fused-ring (bicyclic) bond motifs is 2. The standard InChI is InChI=1S/C24H28N6O/c1-3-23(31)30-12-4-5-18(15-30)28-22-10-11-26-24(29-22)20-14-27-21-9-7-17(13-25)6-8-19(20)16(21)2/h6-7,9-11,14,16,18-19H,3-5,8,12,15H2,1-2H3,(H,26,28,29). The van der Waals surface area contributed by atoms with Crippen molar-refractivity contribution in [3.8, 4) is 6.07 Å². The molecule has 1 aliphatic carbocycles. The minimum atomic E-state index is 0.170. The lowest BCUT2D eigenvalue weighted by molar-refractivity contribution is -0.131. The van der Waals surface area contributed by atoms with E-state index in [-0.39, 0.29) is 23.8 Å². The van der Waals surface area contributed by atoms with E-state index in [1.807, 2.05) is 42.3 Å². The molecule has 3 unspecified atom stereocenters. The molecule has 0 saturated carbocycles. The van der Waals surface area contributed by atoms with Gasteiger partial charge < -0.3 is 10.2 Å². The first-order valence-corrected chi connectivity index (χ1v) is 11.0. The Hall–Kier alpha value is -3.27. The topological polar surface area (TPSA) is 94.3 Å². The van der Waals surface area contributed by atoms with Gasteiger partial charge in [0.25, 0.3) is 0 Å². The maximum Gasteiger partial charge on any atom is 0.222 e. The molecule has 31 heavy (non-hydrogen) atoms. The number of hydrogen-bond acceptors (Lipinski definition) is 6. The Morgan fingerprint density at radius 3 is 3.06 bits per heavy atom. The highest BCUT2D eigenvalue weighted by atomic mass is 16.2. The number of carbonyl (C=O) groups excluding carboxylic acids is 1. The van der Waals surface area contributed by atoms with Crippen LogP contribution in [0.4, 0.5) is 5.82 Å². The van der Waals surface area contributed by atoms with E-state index in [1.54, 1.807) is 6.20 Å². The van der Waals surface area contributed by atoms with Crippen LogP contribution >= 0.6 is 0 Å². The van der Waals surface area contributed by atoms with Crippen molar-refractivity contribution in [2.45, 2.75) is 45.6 Å². The first kappa shape index (κ1) is 21.0. The molecular weight excluding hydrogens is 388 g/mol. The summed E-state index contributed by atoms with van der Waals surface area (Å²) in [6.45, 7) is 5.60. The number of rotatable bonds is 4. The molecule has 7 heteroatoms. The van der Waals surface area contributed by atoms with Gasteiger partial charge in [0.15, 0.2) is 5.82 Å². The molecule has 1 N–H and O–H groups in total. The number of likely N-dealkylation sites (tertiary alicyclic amines) is 1. The van der Waals surface area contributed by atoms with Gasteiger partial charge in [-0.25, -0.2) is 9.97 Å². The number of aliphatic imine (C=N–C) groups is 1. The van der Waals surface area contributed by atoms with Gasteiger partial charge in [0, 0.05) is 66.6 Å². The number of allylic oxidation sites excluding steroid dienone is 5. The molecule has 1 saturated heterocycles. The second-order valence-electron chi connectivity index (χ2n) is 8.32. The molecule has 4 rings (SSSR count). The predicted molar refractivity (Wildman–Crippen MR) is 121 cm³/mol. The average Bonchev–Trinajstić information content (AvgIpc) is 2.80. The Morgan fingerprint density at radius 1 is 1.39 bits per heavy atom. The lowest BCUT2D eigenvalue weighted by atomic mass is 9.78. The van der Waals surface area contributed by atoms with E-state index in [0.29, 0.717) is 24.4 Å². The number of aromatic nitrogens is 2. The van der Waals surface area contributed by atoms with Gasteiger partial charge in [0.05, 0.1) is 6.07 Å². The third kappa shape index (κ3) is 4.58. The summed E-state index contributed by atoms with van der Waals surface area (Å²) in [7, 11) is 0. The number of amides is 1. The molecule has 1 fully saturated rings. The Morgan fingerprint density at radius 2 is 2.26 bits per heavy atom. The second-order valence-corrected chi connectivity index (χ2v) is 8.32. The van der Waals surface area contributed by atoms with Crippen LogP contribution in [-0.4, -0.2) is 45.6 Å². The van der Waals surface area contributed by atoms with Gasteiger partial charge >= 0.3 is 0 Å². The molecule has 160 valence electrons. The summed E-state index contributed by atoms with van der Waals surface area (Å²) in [5.74, 6) is 2.03. The van der Waals surface area contributed by atoms with E-state index in [9.17, 15) is 10.1 Å². The summed E-state index contributed by atoms with van der Waals surface area (Å²) >= 11 is 0. The van der Waals surface area contributed by atoms with Gasteiger partial charge in [0.2, 0.25) is 5.91 Å². The molecule has 1 aromatic rings. The summed E-state index contributed by atoms with van der Waals surface area (Å²) in [5.41, 5.74) is 2.63. The lowest BCUT2D eigenvalue weighted by Crippen LogP contribution is -2.45. The van der Waals surface area contributed by atoms with E-state index in [4.69, 9.17) is 4.98 Å². The summed E-state index contributed by atoms with van der Waals surface area (Å²) in [5, 5.41) is 12.8. The van der Waals surface area contributed by atoms with E-state index in [1.165, 1.54) is 0 Å². The first-order chi connectivity index (χ1) is 15.1. The van der Waals surface area contributed by atoms with E-state index in [0.717, 1.165) is 42.9 Å². The number of hydrogen-bond donors (Lipinski definition) is 1. The Bertz CT molecular complexity index is 1020. The second kappa shape index (κ2) is 9.25. The zero-order chi connectivity index (χ0) is 21.8. The fourth-order valence-corrected chi connectivity index (χ4v) is 4.49. The SMILES string of the molecule is CCC(=O)N1CCCC(Nc2ccnc(C3=CN=C4C=CC(C#N)=CCC3C4C)n2)C1. The molecule has 1 aromatic heterocycles. The summed E-state index contributed by atoms with van der Waals surface area (Å²) in [4.78, 5) is 28.0. The van der Waals surface area contributed by atoms with Crippen molar-refractivity contribution in [3.05, 3.63) is 48.1 Å². The molecule has 3 heterocycles. The predicted octanol–water partition coefficient (Wildman–Crippen LogP) is 3.75. The van der Waals surface area contributed by atoms with Crippen molar-refractivity contribution >= 4 is 23.0 Å². The highest BCUT2D eigenvalue weighted by Crippen LogP contribution is 2.36. The van der Waals surface area contributed by atoms with Crippen LogP contribution in [0.1, 0.15) is 45.4 Å². The summed E-state index contributed by atoms with van der Waals surface area (Å²) < 4.78 is 0. The molecule has 1 amide bonds. The largest absolute Gasteiger partial charge is 0.365 e. The number of nitrogens with one attached hydrogen (secondary N) is 1. The van der Waals surface area contributed by atoms with Crippen LogP contribution in [0, 0.1) is 23.2 Å². The number of carbonyl (C=O) groups is 1. The van der Waals surface area contributed by atoms with E-state index in [2.05, 4.69) is 28.3 Å². The van der Waals surface area contributed by atoms with Crippen molar-refractivity contribution < 1.29 is 4.79 Å². The summed E-state index contributed by atoms with van der Waals surface area (Å²) in [6.07, 6.45) is 12.7. The number of nitrogens with zero attached hydrogens (tertiary/aromatic N) is 5. The zero-order valence-corrected chi connectivity index (χ0v) is 18.1. The molecule has 2 aliphatic heterocycles. The molecule has 3 atom stereocenters. The smallest absolute Gasteiger partial charge is 0.222 e. The maximum absolute atomic E-state index is 12.1. The molecule has 2 bridgehead atoms. The average molecular weight is 417 g/mol. The minimum absolute atomic E-state index is 0.170. The normalized spacial score (nSPS) is 25.4. The molecule has 0 spiro atoms. The Labute approximate surface area is 183 Å². The van der Waals surface area contributed by atoms with Gasteiger partial charge in [-0.1, -0.05) is 19.9 Å². The van der Waals surface area contributed by atoms with Crippen molar-refractivity contribution in [2.75, 3.05) is 18.4 Å². The monoisotopic (exact) mass is 416 g/mol. The van der Waals surface area contributed by atoms with Crippen LogP contribution in [0.2, 0.25) is 0 Å². The summed E-state index contributed by atoms with van der Waals surface area (Å²) in [6, 6.07) is 4.29. The van der Waals surface area contributed by atoms with E-state index >= 15 is 0 Å². The first-order valence-electron chi connectivity index (χ1n) is 11.0. The lowest BCUT2D eigenvalue weighted by Gasteiger charge is -2.33. The van der Waals surface area contributed by atoms with Crippen LogP contribution in [0.15, 0.2) is 47.3 Å². The molecule has 0 aromatic carbocycles. The highest BCUT2D eigenvalue weighted by molar-refractivity contribution is 6.00. The molecular formula is C24H28N6O. The number of piperidine rings is 1. The quantitative estimate of drug-likeness (QED) is 0.807. The molecule has 3 aliphatic rings. The van der Waals surface area contributed by atoms with Gasteiger partial charge in [0.1, 0.15) is 5.82 Å². The highest BCUT2D eigenvalue weighted by Gasteiger charge is 2.30. The molecule has 0 radical (unpaired) electrons. The van der Waals surface area contributed by atoms with Gasteiger partial charge in [-0.05, 0) is 37.5 Å². The Kier molecular flexibility index (Phi) is 6.26. The fourth-order valence-electron chi connectivity index (χ4n) is 4.49. The van der Waals surface area contributed by atoms with Crippen LogP contribution in [0.5, 0.6) is 0 Å². The van der Waals surface area contributed by atoms with Crippen molar-refractivity contribution in [1.29, 1.82) is 5.26 Å². The fraction of sp³-hybridized carbons (Fsp3) is 0.458. The van der Waals surface area contributed by atoms with Crippen LogP contribution in [0.3, 0.4) is 0 Å². The third-order valence-corrected chi connectivity index (χ3v) is 6.32. The number of anilines is 1. The molecule has 7 nitrogen and oxygen atoms in total. The van der Waals surface area contributed by atoms with Crippen LogP contribution < -0.4 is 5.32 Å². The zero-order valence-electron chi connectivity index (χ0n) is 18.1. The van der Waals surface area contributed by atoms with Crippen LogP contribution in [-0.2, 0) is 4.79 Å². The van der Waals surface area contributed by atoms with Crippen molar-refractivity contribution in [2.24, 2.45) is 16.8 Å². The minimum Gasteiger partial charge on any atom is -0.365 e. The number of nitriles is 1. The van der Waals surface area contributed by atoms with Gasteiger partial charge in [-0.15, -0.1) is 0 Å². The van der Waals surface area contributed by atoms with Gasteiger partial charge in [-0.3, -0.25) is 9.79 Å². The third-order valence-electron chi connectivity index (χ3n) is 6.32. The van der Waals surface area contributed by atoms with Crippen molar-refractivity contribution in [1.82, 2.24) is 14.9 Å². The van der Waals surface area contributed by atoms with E-state index < -0.39 is 0 Å².